The third-order valence-corrected chi connectivity index (χ3v) is 18.7. The van der Waals surface area contributed by atoms with Crippen LogP contribution in [0.1, 0.15) is 119 Å². The van der Waals surface area contributed by atoms with Crippen molar-refractivity contribution in [3.63, 3.8) is 0 Å². The van der Waals surface area contributed by atoms with Gasteiger partial charge in [0.2, 0.25) is 6.71 Å². The van der Waals surface area contributed by atoms with Crippen molar-refractivity contribution in [1.29, 1.82) is 0 Å². The van der Waals surface area contributed by atoms with Crippen LogP contribution in [0.4, 0.5) is 17.1 Å². The Morgan fingerprint density at radius 1 is 0.382 bits per heavy atom. The van der Waals surface area contributed by atoms with E-state index in [0.717, 1.165) is 77.6 Å². The monoisotopic (exact) mass is 1160 g/mol. The highest BCUT2D eigenvalue weighted by molar-refractivity contribution is 6.99. The molecule has 16 rings (SSSR count). The first-order chi connectivity index (χ1) is 48.4. The minimum absolute atomic E-state index is 0.00117. The molecule has 0 fully saturated rings. The van der Waals surface area contributed by atoms with Crippen LogP contribution in [0.25, 0.3) is 72.0 Å². The van der Waals surface area contributed by atoms with Crippen molar-refractivity contribution in [2.45, 2.75) is 84.0 Å². The molecule has 0 unspecified atom stereocenters. The summed E-state index contributed by atoms with van der Waals surface area (Å²) in [5, 5.41) is -0.152. The molecule has 4 heteroatoms. The molecule has 12 aromatic carbocycles. The lowest BCUT2D eigenvalue weighted by Crippen LogP contribution is -2.65. The van der Waals surface area contributed by atoms with Crippen molar-refractivity contribution in [3.8, 4) is 61.7 Å². The highest BCUT2D eigenvalue weighted by Gasteiger charge is 2.55. The largest absolute Gasteiger partial charge is 0.457 e. The summed E-state index contributed by atoms with van der Waals surface area (Å²) < 4.78 is 132. The van der Waals surface area contributed by atoms with E-state index in [9.17, 15) is 13.7 Å². The van der Waals surface area contributed by atoms with Gasteiger partial charge in [0, 0.05) is 50.1 Å². The lowest BCUT2D eigenvalue weighted by Gasteiger charge is -2.50. The molecule has 13 aromatic rings. The first kappa shape index (κ1) is 42.1. The van der Waals surface area contributed by atoms with Gasteiger partial charge in [-0.1, -0.05) is 280 Å². The number of ether oxygens (including phenoxy) is 1. The van der Waals surface area contributed by atoms with E-state index in [2.05, 4.69) is 164 Å². The maximum absolute atomic E-state index is 10.0. The first-order valence-corrected chi connectivity index (χ1v) is 30.6. The molecular weight excluding hydrogens is 1080 g/mol. The predicted molar refractivity (Wildman–Crippen MR) is 376 cm³/mol. The SMILES string of the molecule is [2H]c1c([2H])c([2H])c(-c2ccc3c(c2)N(c2c(-c4ccccc4)cc(C(C)(C)C)cc2-c2ccccc2)c2cc(-n4c5c([2H])c([2H])c([2H])c([2H])c5c5c([2H])c([2H])c([2H])c([2H])c54)cc4c2B3c2cc(-c3cc(C(C)(C)C)cc(C(C)(C)C)c3)ccc2C42c3ccccc3Oc3ccccc32)c([2H])c1[2H]. The van der Waals surface area contributed by atoms with E-state index in [-0.39, 0.29) is 50.3 Å². The van der Waals surface area contributed by atoms with E-state index in [1.165, 1.54) is 11.1 Å². The van der Waals surface area contributed by atoms with Crippen LogP contribution in [-0.2, 0) is 21.7 Å². The zero-order chi connectivity index (χ0) is 72.0. The molecule has 3 aliphatic rings. The molecule has 4 heterocycles. The minimum Gasteiger partial charge on any atom is -0.457 e. The molecule has 1 spiro atoms. The molecule has 89 heavy (non-hydrogen) atoms. The van der Waals surface area contributed by atoms with Gasteiger partial charge in [-0.3, -0.25) is 0 Å². The summed E-state index contributed by atoms with van der Waals surface area (Å²) in [5.74, 6) is 1.17. The molecule has 3 nitrogen and oxygen atoms in total. The summed E-state index contributed by atoms with van der Waals surface area (Å²) in [7, 11) is 0. The fourth-order valence-corrected chi connectivity index (χ4v) is 14.3. The van der Waals surface area contributed by atoms with Crippen molar-refractivity contribution in [1.82, 2.24) is 4.57 Å². The Morgan fingerprint density at radius 3 is 1.46 bits per heavy atom. The number of para-hydroxylation sites is 4. The Hall–Kier alpha value is -9.90. The van der Waals surface area contributed by atoms with Crippen LogP contribution in [0.15, 0.2) is 267 Å². The number of hydrogen-bond donors (Lipinski definition) is 0. The molecule has 0 amide bonds. The van der Waals surface area contributed by atoms with E-state index in [0.29, 0.717) is 39.8 Å². The quantitative estimate of drug-likeness (QED) is 0.154. The molecule has 0 saturated heterocycles. The summed E-state index contributed by atoms with van der Waals surface area (Å²) in [4.78, 5) is 2.24. The number of nitrogens with zero attached hydrogens (tertiary/aromatic N) is 2. The Balaban J connectivity index is 1.19. The van der Waals surface area contributed by atoms with Gasteiger partial charge in [0.1, 0.15) is 11.5 Å². The number of hydrogen-bond acceptors (Lipinski definition) is 2. The van der Waals surface area contributed by atoms with Crippen molar-refractivity contribution < 1.29 is 22.6 Å². The Bertz CT molecular complexity index is 5560. The van der Waals surface area contributed by atoms with Gasteiger partial charge in [0.15, 0.2) is 0 Å². The van der Waals surface area contributed by atoms with E-state index >= 15 is 0 Å². The molecule has 430 valence electrons. The lowest BCUT2D eigenvalue weighted by atomic mass is 9.29. The van der Waals surface area contributed by atoms with E-state index in [1.807, 2.05) is 91.0 Å². The van der Waals surface area contributed by atoms with E-state index < -0.39 is 84.0 Å². The third-order valence-electron chi connectivity index (χ3n) is 18.7. The molecule has 1 aromatic heterocycles. The van der Waals surface area contributed by atoms with E-state index in [1.54, 1.807) is 4.57 Å². The van der Waals surface area contributed by atoms with Crippen LogP contribution >= 0.6 is 0 Å². The topological polar surface area (TPSA) is 17.4 Å². The number of aromatic nitrogens is 1. The molecule has 3 aliphatic heterocycles. The van der Waals surface area contributed by atoms with Crippen molar-refractivity contribution >= 4 is 62.0 Å². The molecule has 0 bridgehead atoms. The van der Waals surface area contributed by atoms with Crippen LogP contribution in [-0.4, -0.2) is 11.3 Å². The van der Waals surface area contributed by atoms with Crippen molar-refractivity contribution in [2.75, 3.05) is 4.90 Å². The maximum Gasteiger partial charge on any atom is 0.247 e. The van der Waals surface area contributed by atoms with Crippen LogP contribution in [0.5, 0.6) is 11.5 Å². The second kappa shape index (κ2) is 20.1. The van der Waals surface area contributed by atoms with Gasteiger partial charge in [0.25, 0.3) is 0 Å². The molecule has 0 saturated carbocycles. The molecule has 0 radical (unpaired) electrons. The van der Waals surface area contributed by atoms with Crippen LogP contribution < -0.4 is 26.0 Å². The standard InChI is InChI=1S/C85H71BN2O/c1-82(2,3)60-45-59(46-61(49-60)83(4,5)6)57-41-43-68-73(47-57)86-72-44-42-58(54-27-13-10-14-28-54)48-76(72)88(81-66(55-29-15-11-16-30-55)50-62(84(7,8)9)51-67(81)56-31-17-12-18-32-56)77-53-63(87-74-37-23-19-33-64(74)65-34-20-24-38-75(65)87)52-71(80(77)86)85(68)69-35-21-25-39-78(69)89-79-40-26-22-36-70(79)85/h10-53H,1-9H3/i10D,13D,14D,19D,20D,23D,24D,27D,28D,33D,34D,37D,38D. The first-order valence-electron chi connectivity index (χ1n) is 37.1. The molecule has 0 N–H and O–H groups in total. The number of anilines is 3. The highest BCUT2D eigenvalue weighted by atomic mass is 16.5. The summed E-state index contributed by atoms with van der Waals surface area (Å²) >= 11 is 0. The smallest absolute Gasteiger partial charge is 0.247 e. The predicted octanol–water partition coefficient (Wildman–Crippen LogP) is 20.4. The Kier molecular flexibility index (Phi) is 9.49. The summed E-state index contributed by atoms with van der Waals surface area (Å²) in [6.07, 6.45) is 0. The van der Waals surface area contributed by atoms with E-state index in [4.69, 9.17) is 8.85 Å². The fraction of sp³-hybridized carbons (Fsp3) is 0.153. The van der Waals surface area contributed by atoms with Gasteiger partial charge < -0.3 is 14.2 Å². The number of rotatable bonds is 6. The van der Waals surface area contributed by atoms with Crippen LogP contribution in [0.2, 0.25) is 0 Å². The lowest BCUT2D eigenvalue weighted by molar-refractivity contribution is 0.435. The summed E-state index contributed by atoms with van der Waals surface area (Å²) in [6, 6.07) is 58.2. The second-order valence-electron chi connectivity index (χ2n) is 27.1. The second-order valence-corrected chi connectivity index (χ2v) is 27.1. The van der Waals surface area contributed by atoms with Crippen LogP contribution in [0, 0.1) is 0 Å². The van der Waals surface area contributed by atoms with Crippen molar-refractivity contribution in [2.24, 2.45) is 0 Å². The minimum atomic E-state index is -1.33. The third kappa shape index (κ3) is 8.54. The van der Waals surface area contributed by atoms with Gasteiger partial charge in [-0.15, -0.1) is 0 Å². The normalized spacial score (nSPS) is 15.9. The fourth-order valence-electron chi connectivity index (χ4n) is 14.3. The molecular formula is C85H71BN2O. The van der Waals surface area contributed by atoms with Gasteiger partial charge in [0.05, 0.1) is 40.0 Å². The van der Waals surface area contributed by atoms with Gasteiger partial charge >= 0.3 is 0 Å². The zero-order valence-electron chi connectivity index (χ0n) is 64.3. The van der Waals surface area contributed by atoms with Crippen molar-refractivity contribution in [3.05, 3.63) is 306 Å². The van der Waals surface area contributed by atoms with Crippen LogP contribution in [0.3, 0.4) is 0 Å². The number of fused-ring (bicyclic) bond motifs is 13. The Morgan fingerprint density at radius 2 is 0.888 bits per heavy atom. The average Bonchev–Trinajstić information content (AvgIpc) is 0.765. The molecule has 0 aliphatic carbocycles. The average molecular weight is 1160 g/mol. The highest BCUT2D eigenvalue weighted by Crippen LogP contribution is 2.59. The Labute approximate surface area is 542 Å². The number of benzene rings is 12. The summed E-state index contributed by atoms with van der Waals surface area (Å²) in [5.41, 5.74) is 14.7. The van der Waals surface area contributed by atoms with Gasteiger partial charge in [-0.05, 0) is 143 Å². The van der Waals surface area contributed by atoms with Gasteiger partial charge in [-0.25, -0.2) is 0 Å². The summed E-state index contributed by atoms with van der Waals surface area (Å²) in [6.45, 7) is 19.3. The van der Waals surface area contributed by atoms with Gasteiger partial charge in [-0.2, -0.15) is 0 Å². The zero-order valence-corrected chi connectivity index (χ0v) is 51.3. The molecule has 0 atom stereocenters. The maximum atomic E-state index is 10.0.